The predicted molar refractivity (Wildman–Crippen MR) is 74.2 cm³/mol. The molecule has 0 radical (unpaired) electrons. The summed E-state index contributed by atoms with van der Waals surface area (Å²) < 4.78 is 0. The van der Waals surface area contributed by atoms with Crippen LogP contribution < -0.4 is 5.32 Å². The number of benzene rings is 1. The van der Waals surface area contributed by atoms with Crippen LogP contribution in [0.25, 0.3) is 0 Å². The van der Waals surface area contributed by atoms with Crippen molar-refractivity contribution >= 4 is 17.5 Å². The molecule has 0 aliphatic rings. The van der Waals surface area contributed by atoms with E-state index >= 15 is 0 Å². The van der Waals surface area contributed by atoms with Gasteiger partial charge in [0.15, 0.2) is 0 Å². The van der Waals surface area contributed by atoms with Crippen molar-refractivity contribution in [1.29, 1.82) is 0 Å². The van der Waals surface area contributed by atoms with Gasteiger partial charge in [0.1, 0.15) is 0 Å². The monoisotopic (exact) mass is 264 g/mol. The number of likely N-dealkylation sites (N-methyl/N-ethyl adjacent to an activating group) is 1. The van der Waals surface area contributed by atoms with Crippen LogP contribution in [0.1, 0.15) is 12.5 Å². The van der Waals surface area contributed by atoms with Crippen LogP contribution in [0.3, 0.4) is 0 Å². The zero-order valence-electron chi connectivity index (χ0n) is 10.4. The molecular weight excluding hydrogens is 248 g/mol. The summed E-state index contributed by atoms with van der Waals surface area (Å²) in [6, 6.07) is 7.63. The SMILES string of the molecule is C#CCNC(=O)CN(CC)Cc1ccc(Cl)cc1. The number of rotatable bonds is 6. The quantitative estimate of drug-likeness (QED) is 0.796. The molecule has 0 unspecified atom stereocenters. The van der Waals surface area contributed by atoms with Crippen molar-refractivity contribution in [2.24, 2.45) is 0 Å². The average Bonchev–Trinajstić information content (AvgIpc) is 2.38. The van der Waals surface area contributed by atoms with Crippen molar-refractivity contribution in [2.75, 3.05) is 19.6 Å². The Bertz CT molecular complexity index is 422. The first-order chi connectivity index (χ1) is 8.65. The Labute approximate surface area is 113 Å². The van der Waals surface area contributed by atoms with Crippen molar-refractivity contribution in [3.8, 4) is 12.3 Å². The minimum absolute atomic E-state index is 0.0521. The van der Waals surface area contributed by atoms with Gasteiger partial charge in [-0.3, -0.25) is 9.69 Å². The molecule has 1 rings (SSSR count). The molecule has 96 valence electrons. The maximum atomic E-state index is 11.5. The summed E-state index contributed by atoms with van der Waals surface area (Å²) >= 11 is 5.83. The lowest BCUT2D eigenvalue weighted by Crippen LogP contribution is -2.36. The normalized spacial score (nSPS) is 10.1. The third-order valence-electron chi connectivity index (χ3n) is 2.52. The van der Waals surface area contributed by atoms with Crippen LogP contribution in [0, 0.1) is 12.3 Å². The molecule has 0 saturated heterocycles. The van der Waals surface area contributed by atoms with Gasteiger partial charge in [-0.05, 0) is 24.2 Å². The van der Waals surface area contributed by atoms with E-state index in [0.717, 1.165) is 18.7 Å². The second-order valence-electron chi connectivity index (χ2n) is 3.91. The third kappa shape index (κ3) is 5.22. The molecule has 0 bridgehead atoms. The molecule has 0 spiro atoms. The minimum atomic E-state index is -0.0521. The Kier molecular flexibility index (Phi) is 6.27. The summed E-state index contributed by atoms with van der Waals surface area (Å²) in [7, 11) is 0. The standard InChI is InChI=1S/C14H17ClN2O/c1-3-9-16-14(18)11-17(4-2)10-12-5-7-13(15)8-6-12/h1,5-8H,4,9-11H2,2H3,(H,16,18). The first-order valence-corrected chi connectivity index (χ1v) is 6.20. The van der Waals surface area contributed by atoms with Crippen molar-refractivity contribution in [3.63, 3.8) is 0 Å². The minimum Gasteiger partial charge on any atom is -0.344 e. The average molecular weight is 265 g/mol. The van der Waals surface area contributed by atoms with Crippen molar-refractivity contribution in [3.05, 3.63) is 34.9 Å². The van der Waals surface area contributed by atoms with E-state index in [1.54, 1.807) is 0 Å². The Morgan fingerprint density at radius 2 is 2.11 bits per heavy atom. The lowest BCUT2D eigenvalue weighted by molar-refractivity contribution is -0.122. The van der Waals surface area contributed by atoms with E-state index in [-0.39, 0.29) is 12.5 Å². The van der Waals surface area contributed by atoms with E-state index in [1.807, 2.05) is 36.1 Å². The first-order valence-electron chi connectivity index (χ1n) is 5.82. The molecule has 1 amide bonds. The molecule has 1 aromatic carbocycles. The van der Waals surface area contributed by atoms with Crippen LogP contribution in [0.5, 0.6) is 0 Å². The summed E-state index contributed by atoms with van der Waals surface area (Å²) in [5.74, 6) is 2.33. The number of terminal acetylenes is 1. The number of carbonyl (C=O) groups is 1. The van der Waals surface area contributed by atoms with Crippen molar-refractivity contribution < 1.29 is 4.79 Å². The molecule has 0 aromatic heterocycles. The number of amides is 1. The van der Waals surface area contributed by atoms with E-state index in [0.29, 0.717) is 11.6 Å². The zero-order valence-corrected chi connectivity index (χ0v) is 11.2. The summed E-state index contributed by atoms with van der Waals surface area (Å²) in [4.78, 5) is 13.6. The lowest BCUT2D eigenvalue weighted by Gasteiger charge is -2.19. The van der Waals surface area contributed by atoms with E-state index in [2.05, 4.69) is 11.2 Å². The van der Waals surface area contributed by atoms with Gasteiger partial charge in [0.25, 0.3) is 0 Å². The molecule has 1 N–H and O–H groups in total. The molecule has 18 heavy (non-hydrogen) atoms. The molecule has 0 heterocycles. The number of halogens is 1. The molecule has 3 nitrogen and oxygen atoms in total. The Morgan fingerprint density at radius 1 is 1.44 bits per heavy atom. The zero-order chi connectivity index (χ0) is 13.4. The van der Waals surface area contributed by atoms with Crippen LogP contribution in [0.2, 0.25) is 5.02 Å². The van der Waals surface area contributed by atoms with Crippen LogP contribution in [0.15, 0.2) is 24.3 Å². The molecule has 4 heteroatoms. The van der Waals surface area contributed by atoms with Crippen molar-refractivity contribution in [2.45, 2.75) is 13.5 Å². The lowest BCUT2D eigenvalue weighted by atomic mass is 10.2. The summed E-state index contributed by atoms with van der Waals surface area (Å²) in [6.45, 7) is 4.16. The molecule has 0 saturated carbocycles. The van der Waals surface area contributed by atoms with E-state index < -0.39 is 0 Å². The smallest absolute Gasteiger partial charge is 0.234 e. The highest BCUT2D eigenvalue weighted by molar-refractivity contribution is 6.30. The fraction of sp³-hybridized carbons (Fsp3) is 0.357. The number of nitrogens with zero attached hydrogens (tertiary/aromatic N) is 1. The van der Waals surface area contributed by atoms with Gasteiger partial charge in [-0.15, -0.1) is 6.42 Å². The van der Waals surface area contributed by atoms with Gasteiger partial charge in [0.2, 0.25) is 5.91 Å². The van der Waals surface area contributed by atoms with E-state index in [4.69, 9.17) is 18.0 Å². The second kappa shape index (κ2) is 7.75. The number of hydrogen-bond donors (Lipinski definition) is 1. The van der Waals surface area contributed by atoms with Gasteiger partial charge < -0.3 is 5.32 Å². The van der Waals surface area contributed by atoms with Gasteiger partial charge in [-0.1, -0.05) is 36.6 Å². The van der Waals surface area contributed by atoms with Gasteiger partial charge in [-0.2, -0.15) is 0 Å². The molecule has 0 fully saturated rings. The molecule has 0 aliphatic heterocycles. The largest absolute Gasteiger partial charge is 0.344 e. The fourth-order valence-electron chi connectivity index (χ4n) is 1.54. The predicted octanol–water partition coefficient (Wildman–Crippen LogP) is 1.91. The fourth-order valence-corrected chi connectivity index (χ4v) is 1.66. The maximum Gasteiger partial charge on any atom is 0.234 e. The Hall–Kier alpha value is -1.50. The number of carbonyl (C=O) groups excluding carboxylic acids is 1. The molecule has 0 atom stereocenters. The maximum absolute atomic E-state index is 11.5. The topological polar surface area (TPSA) is 32.3 Å². The summed E-state index contributed by atoms with van der Waals surface area (Å²) in [5, 5.41) is 3.37. The van der Waals surface area contributed by atoms with Crippen LogP contribution in [0.4, 0.5) is 0 Å². The van der Waals surface area contributed by atoms with Crippen LogP contribution in [-0.4, -0.2) is 30.4 Å². The summed E-state index contributed by atoms with van der Waals surface area (Å²) in [5.41, 5.74) is 1.13. The van der Waals surface area contributed by atoms with Gasteiger partial charge in [0, 0.05) is 11.6 Å². The van der Waals surface area contributed by atoms with Gasteiger partial charge in [-0.25, -0.2) is 0 Å². The van der Waals surface area contributed by atoms with Crippen LogP contribution >= 0.6 is 11.6 Å². The van der Waals surface area contributed by atoms with Crippen molar-refractivity contribution in [1.82, 2.24) is 10.2 Å². The Balaban J connectivity index is 2.49. The molecular formula is C14H17ClN2O. The number of hydrogen-bond acceptors (Lipinski definition) is 2. The van der Waals surface area contributed by atoms with E-state index in [1.165, 1.54) is 0 Å². The van der Waals surface area contributed by atoms with Gasteiger partial charge >= 0.3 is 0 Å². The summed E-state index contributed by atoms with van der Waals surface area (Å²) in [6.07, 6.45) is 5.09. The highest BCUT2D eigenvalue weighted by Crippen LogP contribution is 2.11. The first kappa shape index (κ1) is 14.6. The third-order valence-corrected chi connectivity index (χ3v) is 2.77. The Morgan fingerprint density at radius 3 is 2.67 bits per heavy atom. The van der Waals surface area contributed by atoms with E-state index in [9.17, 15) is 4.79 Å². The van der Waals surface area contributed by atoms with Crippen LogP contribution in [-0.2, 0) is 11.3 Å². The molecule has 1 aromatic rings. The van der Waals surface area contributed by atoms with Gasteiger partial charge in [0.05, 0.1) is 13.1 Å². The number of nitrogens with one attached hydrogen (secondary N) is 1. The second-order valence-corrected chi connectivity index (χ2v) is 4.35. The highest BCUT2D eigenvalue weighted by atomic mass is 35.5. The molecule has 0 aliphatic carbocycles. The highest BCUT2D eigenvalue weighted by Gasteiger charge is 2.08.